The van der Waals surface area contributed by atoms with Gasteiger partial charge in [0.2, 0.25) is 11.7 Å². The molecular weight excluding hydrogens is 408 g/mol. The van der Waals surface area contributed by atoms with Gasteiger partial charge < -0.3 is 24.4 Å². The number of hydrogen-bond acceptors (Lipinski definition) is 5. The summed E-state index contributed by atoms with van der Waals surface area (Å²) >= 11 is 6.11. The van der Waals surface area contributed by atoms with Crippen molar-refractivity contribution in [1.82, 2.24) is 4.90 Å². The van der Waals surface area contributed by atoms with Crippen molar-refractivity contribution in [3.05, 3.63) is 47.0 Å². The van der Waals surface area contributed by atoms with Crippen LogP contribution in [0, 0.1) is 5.92 Å². The van der Waals surface area contributed by atoms with Crippen molar-refractivity contribution >= 4 is 29.1 Å². The van der Waals surface area contributed by atoms with E-state index < -0.39 is 0 Å². The summed E-state index contributed by atoms with van der Waals surface area (Å²) in [5, 5.41) is 3.38. The minimum atomic E-state index is -0.176. The highest BCUT2D eigenvalue weighted by molar-refractivity contribution is 6.33. The van der Waals surface area contributed by atoms with Crippen molar-refractivity contribution in [2.24, 2.45) is 5.92 Å². The first kappa shape index (κ1) is 21.8. The van der Waals surface area contributed by atoms with E-state index in [1.54, 1.807) is 29.2 Å². The summed E-state index contributed by atoms with van der Waals surface area (Å²) in [6, 6.07) is 10.4. The molecule has 7 nitrogen and oxygen atoms in total. The summed E-state index contributed by atoms with van der Waals surface area (Å²) < 4.78 is 16.0. The molecule has 2 aromatic carbocycles. The number of nitrogens with zero attached hydrogens (tertiary/aromatic N) is 1. The van der Waals surface area contributed by atoms with Crippen LogP contribution >= 0.6 is 11.6 Å². The lowest BCUT2D eigenvalue weighted by Gasteiger charge is -2.31. The van der Waals surface area contributed by atoms with Gasteiger partial charge >= 0.3 is 0 Å². The van der Waals surface area contributed by atoms with Gasteiger partial charge in [0.25, 0.3) is 5.91 Å². The lowest BCUT2D eigenvalue weighted by molar-refractivity contribution is -0.121. The smallest absolute Gasteiger partial charge is 0.254 e. The van der Waals surface area contributed by atoms with Crippen molar-refractivity contribution in [3.63, 3.8) is 0 Å². The Balaban J connectivity index is 1.65. The molecule has 1 fully saturated rings. The molecule has 2 amide bonds. The van der Waals surface area contributed by atoms with E-state index in [-0.39, 0.29) is 17.7 Å². The highest BCUT2D eigenvalue weighted by atomic mass is 35.5. The molecule has 30 heavy (non-hydrogen) atoms. The zero-order valence-electron chi connectivity index (χ0n) is 17.2. The Morgan fingerprint density at radius 1 is 1.00 bits per heavy atom. The Morgan fingerprint density at radius 2 is 1.60 bits per heavy atom. The van der Waals surface area contributed by atoms with Crippen LogP contribution in [0.3, 0.4) is 0 Å². The second-order valence-electron chi connectivity index (χ2n) is 6.95. The Kier molecular flexibility index (Phi) is 7.05. The standard InChI is InChI=1S/C22H25ClN2O5/c1-28-18-12-15(13-19(29-2)20(18)30-3)22(27)25-10-8-14(9-11-25)21(26)24-17-7-5-4-6-16(17)23/h4-7,12-14H,8-11H2,1-3H3,(H,24,26). The van der Waals surface area contributed by atoms with Gasteiger partial charge in [-0.1, -0.05) is 23.7 Å². The number of hydrogen-bond donors (Lipinski definition) is 1. The number of benzene rings is 2. The van der Waals surface area contributed by atoms with Crippen molar-refractivity contribution in [3.8, 4) is 17.2 Å². The van der Waals surface area contributed by atoms with Gasteiger partial charge in [0.05, 0.1) is 32.0 Å². The van der Waals surface area contributed by atoms with E-state index in [1.807, 2.05) is 12.1 Å². The molecule has 8 heteroatoms. The minimum Gasteiger partial charge on any atom is -0.493 e. The number of para-hydroxylation sites is 1. The lowest BCUT2D eigenvalue weighted by Crippen LogP contribution is -2.41. The van der Waals surface area contributed by atoms with Crippen LogP contribution in [0.5, 0.6) is 17.2 Å². The number of anilines is 1. The number of halogens is 1. The van der Waals surface area contributed by atoms with E-state index in [0.717, 1.165) is 0 Å². The topological polar surface area (TPSA) is 77.1 Å². The fourth-order valence-electron chi connectivity index (χ4n) is 3.53. The summed E-state index contributed by atoms with van der Waals surface area (Å²) in [6.45, 7) is 0.964. The van der Waals surface area contributed by atoms with Gasteiger partial charge in [0.15, 0.2) is 11.5 Å². The predicted molar refractivity (Wildman–Crippen MR) is 115 cm³/mol. The number of nitrogens with one attached hydrogen (secondary N) is 1. The maximum absolute atomic E-state index is 13.0. The summed E-state index contributed by atoms with van der Waals surface area (Å²) in [5.74, 6) is 0.891. The van der Waals surface area contributed by atoms with Crippen LogP contribution in [0.15, 0.2) is 36.4 Å². The van der Waals surface area contributed by atoms with Gasteiger partial charge in [-0.05, 0) is 37.1 Å². The highest BCUT2D eigenvalue weighted by Crippen LogP contribution is 2.38. The Morgan fingerprint density at radius 3 is 2.13 bits per heavy atom. The van der Waals surface area contributed by atoms with E-state index >= 15 is 0 Å². The van der Waals surface area contributed by atoms with Crippen molar-refractivity contribution in [2.75, 3.05) is 39.7 Å². The summed E-state index contributed by atoms with van der Waals surface area (Å²) in [7, 11) is 4.53. The third-order valence-corrected chi connectivity index (χ3v) is 5.53. The molecule has 1 N–H and O–H groups in total. The molecule has 3 rings (SSSR count). The third-order valence-electron chi connectivity index (χ3n) is 5.20. The number of likely N-dealkylation sites (tertiary alicyclic amines) is 1. The van der Waals surface area contributed by atoms with E-state index in [4.69, 9.17) is 25.8 Å². The first-order valence-electron chi connectivity index (χ1n) is 9.63. The number of rotatable bonds is 6. The normalized spacial score (nSPS) is 14.2. The average Bonchev–Trinajstić information content (AvgIpc) is 2.79. The molecule has 0 saturated carbocycles. The first-order valence-corrected chi connectivity index (χ1v) is 10.0. The molecule has 0 aliphatic carbocycles. The highest BCUT2D eigenvalue weighted by Gasteiger charge is 2.29. The zero-order valence-corrected chi connectivity index (χ0v) is 18.0. The summed E-state index contributed by atoms with van der Waals surface area (Å²) in [5.41, 5.74) is 1.04. The Bertz CT molecular complexity index is 900. The molecule has 1 saturated heterocycles. The number of carbonyl (C=O) groups excluding carboxylic acids is 2. The van der Waals surface area contributed by atoms with Gasteiger partial charge in [0, 0.05) is 24.6 Å². The molecule has 0 unspecified atom stereocenters. The molecule has 1 heterocycles. The quantitative estimate of drug-likeness (QED) is 0.750. The van der Waals surface area contributed by atoms with Gasteiger partial charge in [-0.2, -0.15) is 0 Å². The van der Waals surface area contributed by atoms with Crippen LogP contribution in [-0.2, 0) is 4.79 Å². The van der Waals surface area contributed by atoms with Crippen LogP contribution in [0.2, 0.25) is 5.02 Å². The number of ether oxygens (including phenoxy) is 3. The maximum atomic E-state index is 13.0. The molecule has 0 radical (unpaired) electrons. The Hall–Kier alpha value is -2.93. The van der Waals surface area contributed by atoms with Crippen molar-refractivity contribution in [1.29, 1.82) is 0 Å². The molecule has 0 atom stereocenters. The molecular formula is C22H25ClN2O5. The first-order chi connectivity index (χ1) is 14.5. The van der Waals surface area contributed by atoms with Crippen molar-refractivity contribution < 1.29 is 23.8 Å². The molecule has 1 aliphatic heterocycles. The second kappa shape index (κ2) is 9.71. The minimum absolute atomic E-state index is 0.0806. The van der Waals surface area contributed by atoms with E-state index in [1.165, 1.54) is 21.3 Å². The second-order valence-corrected chi connectivity index (χ2v) is 7.36. The zero-order chi connectivity index (χ0) is 21.7. The summed E-state index contributed by atoms with van der Waals surface area (Å²) in [4.78, 5) is 27.3. The Labute approximate surface area is 180 Å². The van der Waals surface area contributed by atoms with E-state index in [2.05, 4.69) is 5.32 Å². The monoisotopic (exact) mass is 432 g/mol. The largest absolute Gasteiger partial charge is 0.493 e. The lowest BCUT2D eigenvalue weighted by atomic mass is 9.95. The van der Waals surface area contributed by atoms with Crippen LogP contribution in [-0.4, -0.2) is 51.1 Å². The molecule has 2 aromatic rings. The van der Waals surface area contributed by atoms with Crippen LogP contribution in [0.1, 0.15) is 23.2 Å². The maximum Gasteiger partial charge on any atom is 0.254 e. The SMILES string of the molecule is COc1cc(C(=O)N2CCC(C(=O)Nc3ccccc3Cl)CC2)cc(OC)c1OC. The van der Waals surface area contributed by atoms with Crippen LogP contribution < -0.4 is 19.5 Å². The number of amides is 2. The molecule has 1 aliphatic rings. The van der Waals surface area contributed by atoms with Crippen LogP contribution in [0.4, 0.5) is 5.69 Å². The van der Waals surface area contributed by atoms with Gasteiger partial charge in [-0.3, -0.25) is 9.59 Å². The fourth-order valence-corrected chi connectivity index (χ4v) is 3.71. The number of piperidine rings is 1. The molecule has 0 aromatic heterocycles. The van der Waals surface area contributed by atoms with E-state index in [0.29, 0.717) is 59.5 Å². The number of methoxy groups -OCH3 is 3. The average molecular weight is 433 g/mol. The summed E-state index contributed by atoms with van der Waals surface area (Å²) in [6.07, 6.45) is 1.15. The molecule has 160 valence electrons. The van der Waals surface area contributed by atoms with E-state index in [9.17, 15) is 9.59 Å². The van der Waals surface area contributed by atoms with Gasteiger partial charge in [-0.25, -0.2) is 0 Å². The third kappa shape index (κ3) is 4.62. The van der Waals surface area contributed by atoms with Gasteiger partial charge in [0.1, 0.15) is 0 Å². The van der Waals surface area contributed by atoms with Gasteiger partial charge in [-0.15, -0.1) is 0 Å². The van der Waals surface area contributed by atoms with Crippen molar-refractivity contribution in [2.45, 2.75) is 12.8 Å². The molecule has 0 spiro atoms. The fraction of sp³-hybridized carbons (Fsp3) is 0.364. The predicted octanol–water partition coefficient (Wildman–Crippen LogP) is 3.86. The number of carbonyl (C=O) groups is 2. The molecule has 0 bridgehead atoms. The van der Waals surface area contributed by atoms with Crippen LogP contribution in [0.25, 0.3) is 0 Å².